The van der Waals surface area contributed by atoms with Gasteiger partial charge in [-0.25, -0.2) is 0 Å². The van der Waals surface area contributed by atoms with E-state index in [1.54, 1.807) is 0 Å². The molecule has 2 aromatic carbocycles. The van der Waals surface area contributed by atoms with Crippen LogP contribution in [-0.2, 0) is 30.3 Å². The van der Waals surface area contributed by atoms with Gasteiger partial charge in [-0.05, 0) is 65.5 Å². The number of hydrogen-bond acceptors (Lipinski definition) is 4. The van der Waals surface area contributed by atoms with Crippen LogP contribution in [0.5, 0.6) is 0 Å². The van der Waals surface area contributed by atoms with Gasteiger partial charge >= 0.3 is 11.9 Å². The highest BCUT2D eigenvalue weighted by atomic mass is 16.6. The molecule has 0 saturated carbocycles. The standard InChI is InChI=1S/C30H42O4/c1-23-15-19-25(20-16-23)29(3,4)33-27(31)13-11-9-7-8-10-12-14-28(32)34-30(5,6)26-21-17-24(2)18-22-26/h15-22H,7-14H2,1-6H3. The van der Waals surface area contributed by atoms with Gasteiger partial charge in [0.05, 0.1) is 0 Å². The lowest BCUT2D eigenvalue weighted by Gasteiger charge is -2.26. The third-order valence-corrected chi connectivity index (χ3v) is 6.24. The SMILES string of the molecule is Cc1ccc(C(C)(C)OC(=O)CCCCCCCCC(=O)OC(C)(C)c2ccc(C)cc2)cc1. The minimum Gasteiger partial charge on any atom is -0.455 e. The second-order valence-electron chi connectivity index (χ2n) is 10.3. The van der Waals surface area contributed by atoms with Crippen LogP contribution in [0.1, 0.15) is 101 Å². The van der Waals surface area contributed by atoms with E-state index >= 15 is 0 Å². The number of esters is 2. The third-order valence-electron chi connectivity index (χ3n) is 6.24. The lowest BCUT2D eigenvalue weighted by Crippen LogP contribution is -2.25. The summed E-state index contributed by atoms with van der Waals surface area (Å²) in [6.07, 6.45) is 6.63. The molecule has 0 aliphatic carbocycles. The first-order valence-electron chi connectivity index (χ1n) is 12.6. The summed E-state index contributed by atoms with van der Waals surface area (Å²) in [5.41, 5.74) is 3.16. The van der Waals surface area contributed by atoms with Gasteiger partial charge in [0.1, 0.15) is 11.2 Å². The van der Waals surface area contributed by atoms with Crippen molar-refractivity contribution < 1.29 is 19.1 Å². The highest BCUT2D eigenvalue weighted by molar-refractivity contribution is 5.70. The van der Waals surface area contributed by atoms with Crippen molar-refractivity contribution in [2.45, 2.75) is 104 Å². The maximum atomic E-state index is 12.3. The Bertz CT molecular complexity index is 830. The zero-order valence-corrected chi connectivity index (χ0v) is 21.9. The average molecular weight is 467 g/mol. The summed E-state index contributed by atoms with van der Waals surface area (Å²) >= 11 is 0. The molecule has 0 saturated heterocycles. The molecule has 4 heteroatoms. The van der Waals surface area contributed by atoms with E-state index in [4.69, 9.17) is 9.47 Å². The molecule has 0 fully saturated rings. The molecule has 0 amide bonds. The van der Waals surface area contributed by atoms with E-state index in [2.05, 4.69) is 0 Å². The van der Waals surface area contributed by atoms with Gasteiger partial charge < -0.3 is 9.47 Å². The summed E-state index contributed by atoms with van der Waals surface area (Å²) in [5.74, 6) is -0.297. The van der Waals surface area contributed by atoms with Gasteiger partial charge in [-0.2, -0.15) is 0 Å². The molecule has 0 atom stereocenters. The Morgan fingerprint density at radius 2 is 0.853 bits per heavy atom. The number of hydrogen-bond donors (Lipinski definition) is 0. The van der Waals surface area contributed by atoms with E-state index in [0.717, 1.165) is 49.7 Å². The maximum Gasteiger partial charge on any atom is 0.306 e. The van der Waals surface area contributed by atoms with Gasteiger partial charge in [0.25, 0.3) is 0 Å². The van der Waals surface area contributed by atoms with E-state index in [-0.39, 0.29) is 11.9 Å². The van der Waals surface area contributed by atoms with Crippen LogP contribution in [-0.4, -0.2) is 11.9 Å². The van der Waals surface area contributed by atoms with Crippen molar-refractivity contribution in [3.63, 3.8) is 0 Å². The summed E-state index contributed by atoms with van der Waals surface area (Å²) in [7, 11) is 0. The second-order valence-corrected chi connectivity index (χ2v) is 10.3. The topological polar surface area (TPSA) is 52.6 Å². The monoisotopic (exact) mass is 466 g/mol. The van der Waals surface area contributed by atoms with Gasteiger partial charge in [0.2, 0.25) is 0 Å². The van der Waals surface area contributed by atoms with Crippen molar-refractivity contribution in [3.05, 3.63) is 70.8 Å². The predicted octanol–water partition coefficient (Wildman–Crippen LogP) is 7.68. The van der Waals surface area contributed by atoms with Crippen LogP contribution in [0, 0.1) is 13.8 Å². The molecule has 2 rings (SSSR count). The number of carbonyl (C=O) groups excluding carboxylic acids is 2. The van der Waals surface area contributed by atoms with Gasteiger partial charge in [-0.1, -0.05) is 85.3 Å². The number of benzene rings is 2. The highest BCUT2D eigenvalue weighted by Gasteiger charge is 2.26. The minimum absolute atomic E-state index is 0.149. The molecule has 0 unspecified atom stereocenters. The van der Waals surface area contributed by atoms with Crippen molar-refractivity contribution in [1.82, 2.24) is 0 Å². The van der Waals surface area contributed by atoms with Crippen LogP contribution in [0.3, 0.4) is 0 Å². The first-order chi connectivity index (χ1) is 16.0. The molecule has 2 aromatic rings. The number of carbonyl (C=O) groups is 2. The van der Waals surface area contributed by atoms with Gasteiger partial charge in [0, 0.05) is 12.8 Å². The Labute approximate surface area is 206 Å². The van der Waals surface area contributed by atoms with Gasteiger partial charge in [-0.15, -0.1) is 0 Å². The first kappa shape index (κ1) is 27.6. The summed E-state index contributed by atoms with van der Waals surface area (Å²) in [6.45, 7) is 11.8. The number of unbranched alkanes of at least 4 members (excludes halogenated alkanes) is 5. The van der Waals surface area contributed by atoms with Crippen molar-refractivity contribution in [3.8, 4) is 0 Å². The van der Waals surface area contributed by atoms with E-state index in [9.17, 15) is 9.59 Å². The fourth-order valence-corrected chi connectivity index (χ4v) is 3.94. The summed E-state index contributed by atoms with van der Waals surface area (Å²) < 4.78 is 11.4. The summed E-state index contributed by atoms with van der Waals surface area (Å²) in [5, 5.41) is 0. The van der Waals surface area contributed by atoms with Crippen LogP contribution in [0.4, 0.5) is 0 Å². The van der Waals surface area contributed by atoms with Crippen molar-refractivity contribution >= 4 is 11.9 Å². The zero-order chi connectivity index (χ0) is 25.2. The molecule has 0 radical (unpaired) electrons. The fourth-order valence-electron chi connectivity index (χ4n) is 3.94. The van der Waals surface area contributed by atoms with Gasteiger partial charge in [-0.3, -0.25) is 9.59 Å². The van der Waals surface area contributed by atoms with Crippen molar-refractivity contribution in [2.75, 3.05) is 0 Å². The van der Waals surface area contributed by atoms with Gasteiger partial charge in [0.15, 0.2) is 0 Å². The lowest BCUT2D eigenvalue weighted by atomic mass is 9.97. The fraction of sp³-hybridized carbons (Fsp3) is 0.533. The molecule has 0 aliphatic heterocycles. The molecule has 4 nitrogen and oxygen atoms in total. The lowest BCUT2D eigenvalue weighted by molar-refractivity contribution is -0.158. The van der Waals surface area contributed by atoms with Crippen LogP contribution in [0.15, 0.2) is 48.5 Å². The molecule has 0 N–H and O–H groups in total. The molecule has 0 aliphatic rings. The average Bonchev–Trinajstić information content (AvgIpc) is 2.75. The Hall–Kier alpha value is -2.62. The predicted molar refractivity (Wildman–Crippen MR) is 138 cm³/mol. The first-order valence-corrected chi connectivity index (χ1v) is 12.6. The number of ether oxygens (including phenoxy) is 2. The van der Waals surface area contributed by atoms with Crippen molar-refractivity contribution in [1.29, 1.82) is 0 Å². The van der Waals surface area contributed by atoms with E-state index in [1.807, 2.05) is 90.1 Å². The van der Waals surface area contributed by atoms with Crippen LogP contribution >= 0.6 is 0 Å². The smallest absolute Gasteiger partial charge is 0.306 e. The maximum absolute atomic E-state index is 12.3. The molecule has 186 valence electrons. The Morgan fingerprint density at radius 3 is 1.18 bits per heavy atom. The number of rotatable bonds is 13. The largest absolute Gasteiger partial charge is 0.455 e. The highest BCUT2D eigenvalue weighted by Crippen LogP contribution is 2.27. The normalized spacial score (nSPS) is 11.8. The Balaban J connectivity index is 1.56. The van der Waals surface area contributed by atoms with Crippen molar-refractivity contribution in [2.24, 2.45) is 0 Å². The van der Waals surface area contributed by atoms with E-state index < -0.39 is 11.2 Å². The third kappa shape index (κ3) is 9.32. The van der Waals surface area contributed by atoms with E-state index in [0.29, 0.717) is 12.8 Å². The molecule has 0 bridgehead atoms. The molecular formula is C30H42O4. The molecule has 34 heavy (non-hydrogen) atoms. The minimum atomic E-state index is -0.618. The molecule has 0 heterocycles. The summed E-state index contributed by atoms with van der Waals surface area (Å²) in [6, 6.07) is 16.2. The van der Waals surface area contributed by atoms with Crippen LogP contribution < -0.4 is 0 Å². The zero-order valence-electron chi connectivity index (χ0n) is 21.9. The molecule has 0 spiro atoms. The quantitative estimate of drug-likeness (QED) is 0.224. The Morgan fingerprint density at radius 1 is 0.559 bits per heavy atom. The summed E-state index contributed by atoms with van der Waals surface area (Å²) in [4.78, 5) is 24.5. The second kappa shape index (κ2) is 12.7. The van der Waals surface area contributed by atoms with Crippen LogP contribution in [0.25, 0.3) is 0 Å². The number of aryl methyl sites for hydroxylation is 2. The van der Waals surface area contributed by atoms with E-state index in [1.165, 1.54) is 11.1 Å². The molecular weight excluding hydrogens is 424 g/mol. The Kier molecular flexibility index (Phi) is 10.3. The molecule has 0 aromatic heterocycles. The van der Waals surface area contributed by atoms with Crippen LogP contribution in [0.2, 0.25) is 0 Å².